The Morgan fingerprint density at radius 3 is 2.69 bits per heavy atom. The quantitative estimate of drug-likeness (QED) is 0.692. The maximum absolute atomic E-state index is 4.15. The van der Waals surface area contributed by atoms with Gasteiger partial charge in [-0.1, -0.05) is 12.1 Å². The minimum atomic E-state index is 0.621. The van der Waals surface area contributed by atoms with Gasteiger partial charge in [0.15, 0.2) is 5.82 Å². The van der Waals surface area contributed by atoms with E-state index in [1.54, 1.807) is 6.20 Å². The molecular weight excluding hydrogens is 198 g/mol. The van der Waals surface area contributed by atoms with Crippen molar-refractivity contribution in [3.8, 4) is 0 Å². The molecule has 0 N–H and O–H groups in total. The first-order valence-corrected chi connectivity index (χ1v) is 5.07. The molecule has 0 saturated heterocycles. The molecule has 1 aromatic carbocycles. The first-order valence-electron chi connectivity index (χ1n) is 5.07. The van der Waals surface area contributed by atoms with Crippen molar-refractivity contribution >= 4 is 11.5 Å². The highest BCUT2D eigenvalue weighted by Gasteiger charge is 1.92. The molecule has 3 nitrogen and oxygen atoms in total. The fourth-order valence-electron chi connectivity index (χ4n) is 1.26. The fraction of sp³-hybridized carbons (Fsp3) is 0.154. The van der Waals surface area contributed by atoms with Crippen molar-refractivity contribution in [2.45, 2.75) is 13.8 Å². The molecule has 0 fully saturated rings. The van der Waals surface area contributed by atoms with Crippen LogP contribution in [0.3, 0.4) is 0 Å². The SMILES string of the molecule is Cc1[c]ccc(N=Nc2ccc(C)cn2)c1. The van der Waals surface area contributed by atoms with Gasteiger partial charge < -0.3 is 0 Å². The van der Waals surface area contributed by atoms with Crippen molar-refractivity contribution in [3.63, 3.8) is 0 Å². The highest BCUT2D eigenvalue weighted by molar-refractivity contribution is 5.39. The number of nitrogens with zero attached hydrogens (tertiary/aromatic N) is 3. The Hall–Kier alpha value is -2.03. The molecule has 0 amide bonds. The molecule has 1 heterocycles. The molecule has 0 atom stereocenters. The van der Waals surface area contributed by atoms with E-state index < -0.39 is 0 Å². The number of pyridine rings is 1. The molecule has 0 bridgehead atoms. The van der Waals surface area contributed by atoms with E-state index in [-0.39, 0.29) is 0 Å². The van der Waals surface area contributed by atoms with Crippen molar-refractivity contribution in [2.24, 2.45) is 10.2 Å². The predicted octanol–water partition coefficient (Wildman–Crippen LogP) is 3.91. The van der Waals surface area contributed by atoms with E-state index in [1.165, 1.54) is 0 Å². The lowest BCUT2D eigenvalue weighted by atomic mass is 10.2. The van der Waals surface area contributed by atoms with E-state index in [4.69, 9.17) is 0 Å². The third-order valence-electron chi connectivity index (χ3n) is 2.09. The van der Waals surface area contributed by atoms with Crippen LogP contribution in [0.2, 0.25) is 0 Å². The zero-order chi connectivity index (χ0) is 11.4. The normalized spacial score (nSPS) is 10.9. The smallest absolute Gasteiger partial charge is 0.174 e. The van der Waals surface area contributed by atoms with Gasteiger partial charge in [-0.25, -0.2) is 4.98 Å². The van der Waals surface area contributed by atoms with Gasteiger partial charge in [-0.05, 0) is 49.2 Å². The minimum absolute atomic E-state index is 0.621. The standard InChI is InChI=1S/C13H12N3/c1-10-4-3-5-12(8-10)15-16-13-7-6-11(2)9-14-13/h3,5-9H,1-2H3. The van der Waals surface area contributed by atoms with Crippen molar-refractivity contribution < 1.29 is 0 Å². The molecule has 1 radical (unpaired) electrons. The Balaban J connectivity index is 2.18. The minimum Gasteiger partial charge on any atom is -0.235 e. The van der Waals surface area contributed by atoms with Gasteiger partial charge in [-0.15, -0.1) is 10.2 Å². The van der Waals surface area contributed by atoms with Crippen LogP contribution in [0.1, 0.15) is 11.1 Å². The van der Waals surface area contributed by atoms with Crippen molar-refractivity contribution in [2.75, 3.05) is 0 Å². The predicted molar refractivity (Wildman–Crippen MR) is 63.2 cm³/mol. The van der Waals surface area contributed by atoms with E-state index in [9.17, 15) is 0 Å². The van der Waals surface area contributed by atoms with Crippen LogP contribution in [0.4, 0.5) is 11.5 Å². The van der Waals surface area contributed by atoms with E-state index in [0.717, 1.165) is 16.8 Å². The Labute approximate surface area is 94.9 Å². The molecule has 16 heavy (non-hydrogen) atoms. The summed E-state index contributed by atoms with van der Waals surface area (Å²) in [6.45, 7) is 3.97. The molecule has 79 valence electrons. The zero-order valence-electron chi connectivity index (χ0n) is 9.31. The third-order valence-corrected chi connectivity index (χ3v) is 2.09. The largest absolute Gasteiger partial charge is 0.235 e. The molecule has 0 unspecified atom stereocenters. The van der Waals surface area contributed by atoms with Gasteiger partial charge in [0.2, 0.25) is 0 Å². The average Bonchev–Trinajstić information content (AvgIpc) is 2.28. The van der Waals surface area contributed by atoms with E-state index >= 15 is 0 Å². The van der Waals surface area contributed by atoms with Crippen LogP contribution in [0, 0.1) is 19.9 Å². The summed E-state index contributed by atoms with van der Waals surface area (Å²) in [5.74, 6) is 0.621. The van der Waals surface area contributed by atoms with Gasteiger partial charge in [0.05, 0.1) is 5.69 Å². The molecule has 0 aliphatic carbocycles. The van der Waals surface area contributed by atoms with Crippen molar-refractivity contribution in [1.29, 1.82) is 0 Å². The summed E-state index contributed by atoms with van der Waals surface area (Å²) in [5, 5.41) is 8.17. The van der Waals surface area contributed by atoms with Crippen LogP contribution < -0.4 is 0 Å². The molecule has 3 heteroatoms. The van der Waals surface area contributed by atoms with Crippen LogP contribution in [0.15, 0.2) is 46.8 Å². The second-order valence-corrected chi connectivity index (χ2v) is 3.62. The van der Waals surface area contributed by atoms with E-state index in [1.807, 2.05) is 44.2 Å². The number of hydrogen-bond donors (Lipinski definition) is 0. The second kappa shape index (κ2) is 4.66. The molecule has 0 aliphatic heterocycles. The topological polar surface area (TPSA) is 37.6 Å². The fourth-order valence-corrected chi connectivity index (χ4v) is 1.26. The molecule has 2 aromatic rings. The van der Waals surface area contributed by atoms with Gasteiger partial charge in [-0.2, -0.15) is 0 Å². The summed E-state index contributed by atoms with van der Waals surface area (Å²) in [5.41, 5.74) is 2.98. The maximum Gasteiger partial charge on any atom is 0.174 e. The number of aromatic nitrogens is 1. The number of benzene rings is 1. The third kappa shape index (κ3) is 2.73. The lowest BCUT2D eigenvalue weighted by Crippen LogP contribution is -1.75. The van der Waals surface area contributed by atoms with Crippen molar-refractivity contribution in [3.05, 3.63) is 53.7 Å². The van der Waals surface area contributed by atoms with Crippen LogP contribution >= 0.6 is 0 Å². The van der Waals surface area contributed by atoms with Crippen LogP contribution in [0.5, 0.6) is 0 Å². The van der Waals surface area contributed by atoms with Gasteiger partial charge in [0, 0.05) is 6.20 Å². The molecule has 2 rings (SSSR count). The van der Waals surface area contributed by atoms with Crippen LogP contribution in [0.25, 0.3) is 0 Å². The van der Waals surface area contributed by atoms with E-state index in [2.05, 4.69) is 21.3 Å². The zero-order valence-corrected chi connectivity index (χ0v) is 9.31. The summed E-state index contributed by atoms with van der Waals surface area (Å²) in [7, 11) is 0. The van der Waals surface area contributed by atoms with Crippen LogP contribution in [-0.2, 0) is 0 Å². The average molecular weight is 210 g/mol. The molecule has 0 spiro atoms. The number of rotatable bonds is 2. The number of aryl methyl sites for hydroxylation is 2. The van der Waals surface area contributed by atoms with E-state index in [0.29, 0.717) is 5.82 Å². The summed E-state index contributed by atoms with van der Waals surface area (Å²) in [6.07, 6.45) is 1.78. The lowest BCUT2D eigenvalue weighted by molar-refractivity contribution is 1.14. The van der Waals surface area contributed by atoms with Crippen molar-refractivity contribution in [1.82, 2.24) is 4.98 Å². The summed E-state index contributed by atoms with van der Waals surface area (Å²) in [6, 6.07) is 12.5. The van der Waals surface area contributed by atoms with Gasteiger partial charge in [-0.3, -0.25) is 0 Å². The number of hydrogen-bond acceptors (Lipinski definition) is 3. The molecule has 0 aliphatic rings. The summed E-state index contributed by atoms with van der Waals surface area (Å²) < 4.78 is 0. The monoisotopic (exact) mass is 210 g/mol. The molecular formula is C13H12N3. The maximum atomic E-state index is 4.15. The summed E-state index contributed by atoms with van der Waals surface area (Å²) in [4.78, 5) is 4.15. The van der Waals surface area contributed by atoms with Gasteiger partial charge in [0.25, 0.3) is 0 Å². The molecule has 1 aromatic heterocycles. The lowest BCUT2D eigenvalue weighted by Gasteiger charge is -1.94. The van der Waals surface area contributed by atoms with Gasteiger partial charge in [0.1, 0.15) is 0 Å². The Kier molecular flexibility index (Phi) is 3.05. The first kappa shape index (κ1) is 10.5. The Morgan fingerprint density at radius 1 is 1.12 bits per heavy atom. The van der Waals surface area contributed by atoms with Gasteiger partial charge >= 0.3 is 0 Å². The summed E-state index contributed by atoms with van der Waals surface area (Å²) >= 11 is 0. The first-order chi connectivity index (χ1) is 7.74. The second-order valence-electron chi connectivity index (χ2n) is 3.62. The Bertz CT molecular complexity index is 501. The molecule has 0 saturated carbocycles. The number of azo groups is 1. The highest BCUT2D eigenvalue weighted by Crippen LogP contribution is 2.17. The van der Waals surface area contributed by atoms with Crippen LogP contribution in [-0.4, -0.2) is 4.98 Å². The Morgan fingerprint density at radius 2 is 2.00 bits per heavy atom. The highest BCUT2D eigenvalue weighted by atomic mass is 15.1.